The molecular weight excluding hydrogens is 348 g/mol. The molecule has 2 heterocycles. The van der Waals surface area contributed by atoms with E-state index in [-0.39, 0.29) is 24.0 Å². The molecule has 3 rings (SSSR count). The molecule has 1 aliphatic rings. The van der Waals surface area contributed by atoms with Gasteiger partial charge in [-0.25, -0.2) is 9.97 Å². The van der Waals surface area contributed by atoms with Crippen LogP contribution in [-0.2, 0) is 12.0 Å². The van der Waals surface area contributed by atoms with Crippen LogP contribution in [0.4, 0.5) is 11.6 Å². The molecule has 0 spiro atoms. The van der Waals surface area contributed by atoms with Crippen molar-refractivity contribution in [3.63, 3.8) is 0 Å². The number of hydrogen-bond acceptors (Lipinski definition) is 5. The van der Waals surface area contributed by atoms with Crippen LogP contribution in [0.15, 0.2) is 30.3 Å². The number of benzene rings is 1. The van der Waals surface area contributed by atoms with Crippen molar-refractivity contribution in [2.24, 2.45) is 5.92 Å². The first kappa shape index (κ1) is 20.6. The molecule has 0 saturated heterocycles. The Morgan fingerprint density at radius 2 is 1.86 bits per heavy atom. The molecule has 5 nitrogen and oxygen atoms in total. The van der Waals surface area contributed by atoms with Crippen LogP contribution in [0.25, 0.3) is 0 Å². The minimum Gasteiger partial charge on any atom is -0.394 e. The van der Waals surface area contributed by atoms with E-state index in [1.165, 1.54) is 11.1 Å². The first-order valence-corrected chi connectivity index (χ1v) is 10.3. The van der Waals surface area contributed by atoms with Crippen LogP contribution in [0, 0.1) is 5.92 Å². The summed E-state index contributed by atoms with van der Waals surface area (Å²) in [5, 5.41) is 13.1. The Labute approximate surface area is 169 Å². The van der Waals surface area contributed by atoms with E-state index in [2.05, 4.69) is 76.0 Å². The van der Waals surface area contributed by atoms with Gasteiger partial charge in [-0.15, -0.1) is 0 Å². The molecule has 28 heavy (non-hydrogen) atoms. The number of aliphatic hydroxyl groups excluding tert-OH is 1. The van der Waals surface area contributed by atoms with Gasteiger partial charge in [0.05, 0.1) is 12.6 Å². The van der Waals surface area contributed by atoms with Gasteiger partial charge in [0.2, 0.25) is 0 Å². The van der Waals surface area contributed by atoms with Gasteiger partial charge in [0.1, 0.15) is 17.5 Å². The Morgan fingerprint density at radius 1 is 1.14 bits per heavy atom. The molecule has 0 radical (unpaired) electrons. The molecule has 152 valence electrons. The van der Waals surface area contributed by atoms with E-state index in [0.29, 0.717) is 5.92 Å². The number of hydrogen-bond donors (Lipinski definition) is 2. The monoisotopic (exact) mass is 382 g/mol. The summed E-state index contributed by atoms with van der Waals surface area (Å²) in [6.45, 7) is 14.9. The Bertz CT molecular complexity index is 816. The van der Waals surface area contributed by atoms with E-state index in [0.717, 1.165) is 30.5 Å². The SMILES string of the molecule is CC(C)c1nc(N[C@@H](CO)C(C)C)cc(N2Cc3ccccc3C(C)(C)C2)n1. The van der Waals surface area contributed by atoms with E-state index < -0.39 is 0 Å². The van der Waals surface area contributed by atoms with Gasteiger partial charge in [0, 0.05) is 30.5 Å². The topological polar surface area (TPSA) is 61.3 Å². The van der Waals surface area contributed by atoms with Gasteiger partial charge >= 0.3 is 0 Å². The van der Waals surface area contributed by atoms with E-state index in [1.807, 2.05) is 6.07 Å². The minimum absolute atomic E-state index is 0.0266. The summed E-state index contributed by atoms with van der Waals surface area (Å²) < 4.78 is 0. The van der Waals surface area contributed by atoms with Gasteiger partial charge in [0.15, 0.2) is 0 Å². The molecular formula is C23H34N4O. The van der Waals surface area contributed by atoms with Crippen LogP contribution < -0.4 is 10.2 Å². The summed E-state index contributed by atoms with van der Waals surface area (Å²) in [5.74, 6) is 3.11. The second-order valence-electron chi connectivity index (χ2n) is 9.20. The molecule has 1 atom stereocenters. The molecule has 0 aliphatic carbocycles. The van der Waals surface area contributed by atoms with Crippen molar-refractivity contribution in [3.8, 4) is 0 Å². The molecule has 1 aliphatic heterocycles. The van der Waals surface area contributed by atoms with Gasteiger partial charge in [0.25, 0.3) is 0 Å². The largest absolute Gasteiger partial charge is 0.394 e. The molecule has 2 aromatic rings. The van der Waals surface area contributed by atoms with E-state index in [9.17, 15) is 5.11 Å². The maximum absolute atomic E-state index is 9.72. The Balaban J connectivity index is 1.97. The number of aliphatic hydroxyl groups is 1. The smallest absolute Gasteiger partial charge is 0.135 e. The second-order valence-corrected chi connectivity index (χ2v) is 9.20. The van der Waals surface area contributed by atoms with Crippen LogP contribution in [0.5, 0.6) is 0 Å². The van der Waals surface area contributed by atoms with Gasteiger partial charge in [-0.3, -0.25) is 0 Å². The molecule has 0 unspecified atom stereocenters. The lowest BCUT2D eigenvalue weighted by molar-refractivity contribution is 0.249. The highest BCUT2D eigenvalue weighted by Crippen LogP contribution is 2.35. The zero-order chi connectivity index (χ0) is 20.5. The number of aromatic nitrogens is 2. The summed E-state index contributed by atoms with van der Waals surface area (Å²) >= 11 is 0. The third kappa shape index (κ3) is 4.30. The van der Waals surface area contributed by atoms with E-state index >= 15 is 0 Å². The van der Waals surface area contributed by atoms with Crippen LogP contribution in [0.1, 0.15) is 64.4 Å². The van der Waals surface area contributed by atoms with Crippen molar-refractivity contribution in [1.29, 1.82) is 0 Å². The van der Waals surface area contributed by atoms with Gasteiger partial charge < -0.3 is 15.3 Å². The highest BCUT2D eigenvalue weighted by Gasteiger charge is 2.32. The average molecular weight is 383 g/mol. The first-order chi connectivity index (χ1) is 13.2. The Hall–Kier alpha value is -2.14. The van der Waals surface area contributed by atoms with Crippen LogP contribution in [0.3, 0.4) is 0 Å². The standard InChI is InChI=1S/C23H34N4O/c1-15(2)19(13-28)24-20-11-21(26-22(25-20)16(3)4)27-12-17-9-7-8-10-18(17)23(5,6)14-27/h7-11,15-16,19,28H,12-14H2,1-6H3,(H,24,25,26)/t19-/m0/s1. The normalized spacial score (nSPS) is 17.0. The summed E-state index contributed by atoms with van der Waals surface area (Å²) in [4.78, 5) is 12.0. The van der Waals surface area contributed by atoms with Gasteiger partial charge in [-0.2, -0.15) is 0 Å². The molecule has 0 saturated carbocycles. The highest BCUT2D eigenvalue weighted by molar-refractivity contribution is 5.53. The molecule has 0 bridgehead atoms. The van der Waals surface area contributed by atoms with Crippen LogP contribution in [0.2, 0.25) is 0 Å². The predicted molar refractivity (Wildman–Crippen MR) is 116 cm³/mol. The maximum atomic E-state index is 9.72. The summed E-state index contributed by atoms with van der Waals surface area (Å²) in [5.41, 5.74) is 2.83. The molecule has 5 heteroatoms. The number of fused-ring (bicyclic) bond motifs is 1. The summed E-state index contributed by atoms with van der Waals surface area (Å²) in [6.07, 6.45) is 0. The molecule has 1 aromatic heterocycles. The van der Waals surface area contributed by atoms with E-state index in [1.54, 1.807) is 0 Å². The van der Waals surface area contributed by atoms with E-state index in [4.69, 9.17) is 9.97 Å². The van der Waals surface area contributed by atoms with Crippen molar-refractivity contribution in [2.45, 2.75) is 65.5 Å². The lowest BCUT2D eigenvalue weighted by atomic mass is 9.78. The number of nitrogens with zero attached hydrogens (tertiary/aromatic N) is 3. The summed E-state index contributed by atoms with van der Waals surface area (Å²) in [7, 11) is 0. The fourth-order valence-electron chi connectivity index (χ4n) is 3.86. The second kappa shape index (κ2) is 8.08. The predicted octanol–water partition coefficient (Wildman–Crippen LogP) is 4.33. The van der Waals surface area contributed by atoms with Gasteiger partial charge in [-0.1, -0.05) is 65.8 Å². The number of anilines is 2. The third-order valence-electron chi connectivity index (χ3n) is 5.60. The molecule has 2 N–H and O–H groups in total. The summed E-state index contributed by atoms with van der Waals surface area (Å²) in [6, 6.07) is 10.7. The van der Waals surface area contributed by atoms with Crippen LogP contribution in [-0.4, -0.2) is 34.3 Å². The molecule has 1 aromatic carbocycles. The van der Waals surface area contributed by atoms with Crippen molar-refractivity contribution in [3.05, 3.63) is 47.3 Å². The van der Waals surface area contributed by atoms with Crippen molar-refractivity contribution < 1.29 is 5.11 Å². The van der Waals surface area contributed by atoms with Crippen molar-refractivity contribution in [2.75, 3.05) is 23.4 Å². The zero-order valence-corrected chi connectivity index (χ0v) is 18.0. The van der Waals surface area contributed by atoms with Gasteiger partial charge in [-0.05, 0) is 17.0 Å². The average Bonchev–Trinajstić information content (AvgIpc) is 2.65. The Morgan fingerprint density at radius 3 is 2.50 bits per heavy atom. The lowest BCUT2D eigenvalue weighted by Gasteiger charge is -2.40. The number of nitrogens with one attached hydrogen (secondary N) is 1. The number of rotatable bonds is 6. The lowest BCUT2D eigenvalue weighted by Crippen LogP contribution is -2.42. The maximum Gasteiger partial charge on any atom is 0.135 e. The van der Waals surface area contributed by atoms with Crippen molar-refractivity contribution >= 4 is 11.6 Å². The zero-order valence-electron chi connectivity index (χ0n) is 18.0. The van der Waals surface area contributed by atoms with Crippen molar-refractivity contribution in [1.82, 2.24) is 9.97 Å². The fourth-order valence-corrected chi connectivity index (χ4v) is 3.86. The minimum atomic E-state index is -0.0266. The highest BCUT2D eigenvalue weighted by atomic mass is 16.3. The fraction of sp³-hybridized carbons (Fsp3) is 0.565. The Kier molecular flexibility index (Phi) is 5.94. The first-order valence-electron chi connectivity index (χ1n) is 10.3. The molecule has 0 fully saturated rings. The third-order valence-corrected chi connectivity index (χ3v) is 5.60. The van der Waals surface area contributed by atoms with Crippen LogP contribution >= 0.6 is 0 Å². The molecule has 0 amide bonds. The quantitative estimate of drug-likeness (QED) is 0.779.